The summed E-state index contributed by atoms with van der Waals surface area (Å²) in [6, 6.07) is 5.07. The highest BCUT2D eigenvalue weighted by atomic mass is 16.2. The van der Waals surface area contributed by atoms with Crippen LogP contribution in [0, 0.1) is 0 Å². The summed E-state index contributed by atoms with van der Waals surface area (Å²) in [5.74, 6) is -0.663. The molecule has 2 aromatic heterocycles. The molecule has 7 nitrogen and oxygen atoms in total. The third-order valence-electron chi connectivity index (χ3n) is 4.11. The summed E-state index contributed by atoms with van der Waals surface area (Å²) in [5.41, 5.74) is 5.83. The number of primary amides is 1. The van der Waals surface area contributed by atoms with E-state index < -0.39 is 5.91 Å². The predicted molar refractivity (Wildman–Crippen MR) is 83.7 cm³/mol. The van der Waals surface area contributed by atoms with Gasteiger partial charge in [0.25, 0.3) is 5.91 Å². The molecule has 0 bridgehead atoms. The maximum absolute atomic E-state index is 12.7. The van der Waals surface area contributed by atoms with Gasteiger partial charge in [-0.1, -0.05) is 0 Å². The molecule has 0 aliphatic carbocycles. The van der Waals surface area contributed by atoms with E-state index in [9.17, 15) is 9.59 Å². The van der Waals surface area contributed by atoms with Crippen LogP contribution >= 0.6 is 0 Å². The second kappa shape index (κ2) is 6.60. The molecule has 1 saturated heterocycles. The molecule has 120 valence electrons. The average Bonchev–Trinajstić information content (AvgIpc) is 3.08. The first-order chi connectivity index (χ1) is 11.1. The van der Waals surface area contributed by atoms with Crippen molar-refractivity contribution in [1.82, 2.24) is 19.7 Å². The largest absolute Gasteiger partial charge is 0.366 e. The first-order valence-electron chi connectivity index (χ1n) is 7.69. The number of nitrogens with two attached hydrogens (primary N) is 1. The van der Waals surface area contributed by atoms with Gasteiger partial charge in [0.15, 0.2) is 0 Å². The Morgan fingerprint density at radius 1 is 1.30 bits per heavy atom. The highest BCUT2D eigenvalue weighted by molar-refractivity contribution is 5.95. The van der Waals surface area contributed by atoms with E-state index in [1.165, 1.54) is 12.3 Å². The van der Waals surface area contributed by atoms with Crippen molar-refractivity contribution >= 4 is 11.8 Å². The molecule has 1 atom stereocenters. The van der Waals surface area contributed by atoms with Gasteiger partial charge in [0.05, 0.1) is 18.2 Å². The molecule has 7 heteroatoms. The fraction of sp³-hybridized carbons (Fsp3) is 0.375. The monoisotopic (exact) mass is 313 g/mol. The molecule has 2 N–H and O–H groups in total. The Labute approximate surface area is 134 Å². The van der Waals surface area contributed by atoms with Crippen molar-refractivity contribution in [3.8, 4) is 0 Å². The minimum absolute atomic E-state index is 0.105. The molecule has 2 amide bonds. The minimum atomic E-state index is -0.550. The fourth-order valence-electron chi connectivity index (χ4n) is 2.90. The molecular formula is C16H19N5O2. The SMILES string of the molecule is NC(=O)c1ccc(C(=O)N2CCCCC2Cn2cccn2)nc1. The van der Waals surface area contributed by atoms with Gasteiger partial charge in [-0.15, -0.1) is 0 Å². The summed E-state index contributed by atoms with van der Waals surface area (Å²) >= 11 is 0. The molecule has 1 aliphatic heterocycles. The Morgan fingerprint density at radius 3 is 2.83 bits per heavy atom. The van der Waals surface area contributed by atoms with Crippen LogP contribution in [0.3, 0.4) is 0 Å². The van der Waals surface area contributed by atoms with Gasteiger partial charge in [0.2, 0.25) is 5.91 Å². The van der Waals surface area contributed by atoms with Crippen molar-refractivity contribution in [3.63, 3.8) is 0 Å². The van der Waals surface area contributed by atoms with Gasteiger partial charge >= 0.3 is 0 Å². The number of piperidine rings is 1. The third-order valence-corrected chi connectivity index (χ3v) is 4.11. The van der Waals surface area contributed by atoms with Gasteiger partial charge in [-0.3, -0.25) is 19.3 Å². The summed E-state index contributed by atoms with van der Waals surface area (Å²) in [6.07, 6.45) is 8.02. The van der Waals surface area contributed by atoms with Crippen molar-refractivity contribution in [2.24, 2.45) is 5.73 Å². The zero-order valence-electron chi connectivity index (χ0n) is 12.8. The minimum Gasteiger partial charge on any atom is -0.366 e. The highest BCUT2D eigenvalue weighted by Gasteiger charge is 2.28. The van der Waals surface area contributed by atoms with E-state index in [0.717, 1.165) is 19.3 Å². The zero-order chi connectivity index (χ0) is 16.2. The van der Waals surface area contributed by atoms with Gasteiger partial charge in [0.1, 0.15) is 5.69 Å². The topological polar surface area (TPSA) is 94.1 Å². The van der Waals surface area contributed by atoms with Crippen LogP contribution in [0.2, 0.25) is 0 Å². The van der Waals surface area contributed by atoms with Crippen LogP contribution in [-0.4, -0.2) is 44.1 Å². The highest BCUT2D eigenvalue weighted by Crippen LogP contribution is 2.20. The lowest BCUT2D eigenvalue weighted by atomic mass is 10.0. The number of hydrogen-bond acceptors (Lipinski definition) is 4. The van der Waals surface area contributed by atoms with Gasteiger partial charge < -0.3 is 10.6 Å². The maximum Gasteiger partial charge on any atom is 0.272 e. The van der Waals surface area contributed by atoms with E-state index in [2.05, 4.69) is 10.1 Å². The number of amides is 2. The lowest BCUT2D eigenvalue weighted by Gasteiger charge is -2.35. The van der Waals surface area contributed by atoms with Crippen LogP contribution in [0.1, 0.15) is 40.1 Å². The molecule has 0 spiro atoms. The summed E-state index contributed by atoms with van der Waals surface area (Å²) in [5, 5.41) is 4.22. The van der Waals surface area contributed by atoms with E-state index in [4.69, 9.17) is 5.73 Å². The molecule has 1 aliphatic rings. The van der Waals surface area contributed by atoms with Crippen molar-refractivity contribution in [3.05, 3.63) is 48.0 Å². The molecule has 23 heavy (non-hydrogen) atoms. The Kier molecular flexibility index (Phi) is 4.36. The van der Waals surface area contributed by atoms with Crippen molar-refractivity contribution < 1.29 is 9.59 Å². The van der Waals surface area contributed by atoms with Crippen LogP contribution in [0.4, 0.5) is 0 Å². The smallest absolute Gasteiger partial charge is 0.272 e. The predicted octanol–water partition coefficient (Wildman–Crippen LogP) is 1.07. The summed E-state index contributed by atoms with van der Waals surface area (Å²) in [7, 11) is 0. The number of rotatable bonds is 4. The molecular weight excluding hydrogens is 294 g/mol. The number of hydrogen-bond donors (Lipinski definition) is 1. The maximum atomic E-state index is 12.7. The van der Waals surface area contributed by atoms with E-state index in [0.29, 0.717) is 24.3 Å². The number of pyridine rings is 1. The van der Waals surface area contributed by atoms with E-state index in [-0.39, 0.29) is 11.9 Å². The summed E-state index contributed by atoms with van der Waals surface area (Å²) in [6.45, 7) is 1.39. The van der Waals surface area contributed by atoms with Gasteiger partial charge in [-0.2, -0.15) is 5.10 Å². The average molecular weight is 313 g/mol. The Bertz CT molecular complexity index is 681. The van der Waals surface area contributed by atoms with E-state index >= 15 is 0 Å². The molecule has 2 aromatic rings. The van der Waals surface area contributed by atoms with Crippen LogP contribution in [-0.2, 0) is 6.54 Å². The van der Waals surface area contributed by atoms with E-state index in [1.54, 1.807) is 12.3 Å². The summed E-state index contributed by atoms with van der Waals surface area (Å²) < 4.78 is 1.85. The molecule has 1 unspecified atom stereocenters. The molecule has 1 fully saturated rings. The van der Waals surface area contributed by atoms with Crippen LogP contribution in [0.5, 0.6) is 0 Å². The van der Waals surface area contributed by atoms with Crippen LogP contribution in [0.25, 0.3) is 0 Å². The Balaban J connectivity index is 1.76. The lowest BCUT2D eigenvalue weighted by Crippen LogP contribution is -2.46. The Morgan fingerprint density at radius 2 is 2.17 bits per heavy atom. The first kappa shape index (κ1) is 15.2. The molecule has 3 heterocycles. The van der Waals surface area contributed by atoms with Gasteiger partial charge in [-0.25, -0.2) is 0 Å². The summed E-state index contributed by atoms with van der Waals surface area (Å²) in [4.78, 5) is 29.8. The Hall–Kier alpha value is -2.70. The second-order valence-corrected chi connectivity index (χ2v) is 5.67. The van der Waals surface area contributed by atoms with E-state index in [1.807, 2.05) is 21.8 Å². The zero-order valence-corrected chi connectivity index (χ0v) is 12.8. The van der Waals surface area contributed by atoms with Crippen LogP contribution in [0.15, 0.2) is 36.8 Å². The second-order valence-electron chi connectivity index (χ2n) is 5.67. The molecule has 0 aromatic carbocycles. The number of nitrogens with zero attached hydrogens (tertiary/aromatic N) is 4. The third kappa shape index (κ3) is 3.39. The lowest BCUT2D eigenvalue weighted by molar-refractivity contribution is 0.0577. The van der Waals surface area contributed by atoms with Gasteiger partial charge in [-0.05, 0) is 37.5 Å². The van der Waals surface area contributed by atoms with Crippen molar-refractivity contribution in [2.75, 3.05) is 6.54 Å². The fourth-order valence-corrected chi connectivity index (χ4v) is 2.90. The van der Waals surface area contributed by atoms with Crippen molar-refractivity contribution in [2.45, 2.75) is 31.8 Å². The molecule has 0 saturated carbocycles. The van der Waals surface area contributed by atoms with Crippen molar-refractivity contribution in [1.29, 1.82) is 0 Å². The number of likely N-dealkylation sites (tertiary alicyclic amines) is 1. The number of carbonyl (C=O) groups is 2. The standard InChI is InChI=1S/C16H19N5O2/c17-15(22)12-5-6-14(18-10-12)16(23)21-9-2-1-4-13(21)11-20-8-3-7-19-20/h3,5-8,10,13H,1-2,4,9,11H2,(H2,17,22). The number of carbonyl (C=O) groups excluding carboxylic acids is 2. The van der Waals surface area contributed by atoms with Gasteiger partial charge in [0, 0.05) is 25.1 Å². The quantitative estimate of drug-likeness (QED) is 0.913. The molecule has 3 rings (SSSR count). The van der Waals surface area contributed by atoms with Crippen LogP contribution < -0.4 is 5.73 Å². The number of aromatic nitrogens is 3. The normalized spacial score (nSPS) is 17.9. The molecule has 0 radical (unpaired) electrons. The first-order valence-corrected chi connectivity index (χ1v) is 7.69.